The summed E-state index contributed by atoms with van der Waals surface area (Å²) in [5, 5.41) is 3.41. The molecular weight excluding hydrogens is 236 g/mol. The molecule has 0 bridgehead atoms. The van der Waals surface area contributed by atoms with Crippen molar-refractivity contribution in [1.82, 2.24) is 14.5 Å². The van der Waals surface area contributed by atoms with E-state index in [0.717, 1.165) is 37.7 Å². The van der Waals surface area contributed by atoms with Crippen LogP contribution in [0.4, 0.5) is 5.95 Å². The zero-order valence-electron chi connectivity index (χ0n) is 12.8. The molecule has 4 heteroatoms. The van der Waals surface area contributed by atoms with Crippen molar-refractivity contribution in [3.63, 3.8) is 0 Å². The Morgan fingerprint density at radius 1 is 1.47 bits per heavy atom. The van der Waals surface area contributed by atoms with Gasteiger partial charge in [-0.1, -0.05) is 6.08 Å². The van der Waals surface area contributed by atoms with Crippen LogP contribution in [0.5, 0.6) is 0 Å². The lowest BCUT2D eigenvalue weighted by Crippen LogP contribution is -2.27. The van der Waals surface area contributed by atoms with Crippen LogP contribution in [-0.4, -0.2) is 40.6 Å². The van der Waals surface area contributed by atoms with Gasteiger partial charge in [-0.3, -0.25) is 0 Å². The molecule has 0 saturated carbocycles. The van der Waals surface area contributed by atoms with Gasteiger partial charge < -0.3 is 14.8 Å². The quantitative estimate of drug-likeness (QED) is 0.550. The van der Waals surface area contributed by atoms with Crippen molar-refractivity contribution in [2.24, 2.45) is 0 Å². The number of allylic oxidation sites excluding steroid dienone is 1. The van der Waals surface area contributed by atoms with Crippen molar-refractivity contribution in [3.8, 4) is 0 Å². The second-order valence-corrected chi connectivity index (χ2v) is 5.36. The summed E-state index contributed by atoms with van der Waals surface area (Å²) in [7, 11) is 2.18. The summed E-state index contributed by atoms with van der Waals surface area (Å²) in [6, 6.07) is 0.627. The molecule has 0 aliphatic carbocycles. The Kier molecular flexibility index (Phi) is 6.64. The van der Waals surface area contributed by atoms with Crippen LogP contribution in [0, 0.1) is 6.92 Å². The monoisotopic (exact) mass is 264 g/mol. The molecule has 0 spiro atoms. The smallest absolute Gasteiger partial charge is 0.203 e. The molecule has 1 heterocycles. The molecule has 108 valence electrons. The largest absolute Gasteiger partial charge is 0.356 e. The van der Waals surface area contributed by atoms with Crippen molar-refractivity contribution >= 4 is 5.95 Å². The minimum Gasteiger partial charge on any atom is -0.356 e. The zero-order valence-corrected chi connectivity index (χ0v) is 12.8. The van der Waals surface area contributed by atoms with Crippen LogP contribution < -0.4 is 5.32 Å². The average Bonchev–Trinajstić information content (AvgIpc) is 2.69. The minimum absolute atomic E-state index is 0.627. The Morgan fingerprint density at radius 3 is 2.84 bits per heavy atom. The van der Waals surface area contributed by atoms with Gasteiger partial charge >= 0.3 is 0 Å². The number of unbranched alkanes of at least 4 members (excludes halogenated alkanes) is 1. The van der Waals surface area contributed by atoms with Gasteiger partial charge in [0.15, 0.2) is 0 Å². The van der Waals surface area contributed by atoms with Crippen molar-refractivity contribution in [3.05, 3.63) is 24.5 Å². The normalized spacial score (nSPS) is 11.3. The van der Waals surface area contributed by atoms with E-state index in [1.54, 1.807) is 0 Å². The molecule has 0 amide bonds. The number of nitrogens with zero attached hydrogens (tertiary/aromatic N) is 3. The molecule has 19 heavy (non-hydrogen) atoms. The second kappa shape index (κ2) is 8.00. The molecule has 1 aromatic rings. The summed E-state index contributed by atoms with van der Waals surface area (Å²) >= 11 is 0. The SMILES string of the molecule is C=CCn1cc(C)nc1NCCCCN(C)C(C)C. The Bertz CT molecular complexity index is 381. The van der Waals surface area contributed by atoms with Crippen molar-refractivity contribution in [2.75, 3.05) is 25.5 Å². The maximum atomic E-state index is 4.48. The van der Waals surface area contributed by atoms with Crippen LogP contribution in [0.3, 0.4) is 0 Å². The van der Waals surface area contributed by atoms with Crippen LogP contribution in [0.2, 0.25) is 0 Å². The lowest BCUT2D eigenvalue weighted by atomic mass is 10.2. The van der Waals surface area contributed by atoms with Crippen molar-refractivity contribution < 1.29 is 0 Å². The molecule has 4 nitrogen and oxygen atoms in total. The first-order chi connectivity index (χ1) is 9.04. The van der Waals surface area contributed by atoms with Gasteiger partial charge in [0.05, 0.1) is 5.69 Å². The summed E-state index contributed by atoms with van der Waals surface area (Å²) in [4.78, 5) is 6.86. The van der Waals surface area contributed by atoms with Crippen LogP contribution >= 0.6 is 0 Å². The molecular formula is C15H28N4. The molecule has 1 rings (SSSR count). The van der Waals surface area contributed by atoms with Gasteiger partial charge in [-0.05, 0) is 47.2 Å². The number of hydrogen-bond acceptors (Lipinski definition) is 3. The molecule has 0 aromatic carbocycles. The fourth-order valence-corrected chi connectivity index (χ4v) is 1.91. The highest BCUT2D eigenvalue weighted by molar-refractivity contribution is 5.28. The maximum absolute atomic E-state index is 4.48. The predicted octanol–water partition coefficient (Wildman–Crippen LogP) is 2.91. The predicted molar refractivity (Wildman–Crippen MR) is 82.7 cm³/mol. The summed E-state index contributed by atoms with van der Waals surface area (Å²) in [5.41, 5.74) is 1.05. The van der Waals surface area contributed by atoms with Gasteiger partial charge in [0.2, 0.25) is 5.95 Å². The third kappa shape index (κ3) is 5.47. The zero-order chi connectivity index (χ0) is 14.3. The van der Waals surface area contributed by atoms with E-state index in [-0.39, 0.29) is 0 Å². The highest BCUT2D eigenvalue weighted by atomic mass is 15.2. The van der Waals surface area contributed by atoms with E-state index in [2.05, 4.69) is 53.4 Å². The summed E-state index contributed by atoms with van der Waals surface area (Å²) in [6.07, 6.45) is 6.32. The molecule has 0 fully saturated rings. The fraction of sp³-hybridized carbons (Fsp3) is 0.667. The summed E-state index contributed by atoms with van der Waals surface area (Å²) in [6.45, 7) is 13.2. The Morgan fingerprint density at radius 2 is 2.21 bits per heavy atom. The minimum atomic E-state index is 0.627. The first-order valence-corrected chi connectivity index (χ1v) is 7.13. The molecule has 0 aliphatic heterocycles. The number of hydrogen-bond donors (Lipinski definition) is 1. The van der Waals surface area contributed by atoms with E-state index in [0.29, 0.717) is 6.04 Å². The first-order valence-electron chi connectivity index (χ1n) is 7.13. The molecule has 1 aromatic heterocycles. The topological polar surface area (TPSA) is 33.1 Å². The van der Waals surface area contributed by atoms with E-state index in [1.807, 2.05) is 13.0 Å². The van der Waals surface area contributed by atoms with Crippen LogP contribution in [0.25, 0.3) is 0 Å². The maximum Gasteiger partial charge on any atom is 0.203 e. The highest BCUT2D eigenvalue weighted by Crippen LogP contribution is 2.08. The molecule has 0 saturated heterocycles. The van der Waals surface area contributed by atoms with E-state index in [1.165, 1.54) is 6.42 Å². The molecule has 0 aliphatic rings. The van der Waals surface area contributed by atoms with E-state index >= 15 is 0 Å². The van der Waals surface area contributed by atoms with E-state index in [4.69, 9.17) is 0 Å². The third-order valence-corrected chi connectivity index (χ3v) is 3.33. The lowest BCUT2D eigenvalue weighted by Gasteiger charge is -2.20. The molecule has 0 unspecified atom stereocenters. The number of aromatic nitrogens is 2. The highest BCUT2D eigenvalue weighted by Gasteiger charge is 2.04. The Labute approximate surface area is 117 Å². The fourth-order valence-electron chi connectivity index (χ4n) is 1.91. The van der Waals surface area contributed by atoms with Gasteiger partial charge in [0.25, 0.3) is 0 Å². The number of rotatable bonds is 9. The van der Waals surface area contributed by atoms with E-state index < -0.39 is 0 Å². The van der Waals surface area contributed by atoms with Crippen LogP contribution in [-0.2, 0) is 6.54 Å². The van der Waals surface area contributed by atoms with Crippen molar-refractivity contribution in [2.45, 2.75) is 46.2 Å². The summed E-state index contributed by atoms with van der Waals surface area (Å²) < 4.78 is 2.10. The van der Waals surface area contributed by atoms with E-state index in [9.17, 15) is 0 Å². The second-order valence-electron chi connectivity index (χ2n) is 5.36. The number of nitrogens with one attached hydrogen (secondary N) is 1. The Balaban J connectivity index is 2.27. The average molecular weight is 264 g/mol. The van der Waals surface area contributed by atoms with Gasteiger partial charge in [-0.2, -0.15) is 0 Å². The third-order valence-electron chi connectivity index (χ3n) is 3.33. The first kappa shape index (κ1) is 15.8. The standard InChI is InChI=1S/C15H28N4/c1-6-10-19-12-14(4)17-15(19)16-9-7-8-11-18(5)13(2)3/h6,12-13H,1,7-11H2,2-5H3,(H,16,17). The Hall–Kier alpha value is -1.29. The van der Waals surface area contributed by atoms with Gasteiger partial charge in [-0.15, -0.1) is 6.58 Å². The lowest BCUT2D eigenvalue weighted by molar-refractivity contribution is 0.269. The van der Waals surface area contributed by atoms with Gasteiger partial charge in [0, 0.05) is 25.3 Å². The van der Waals surface area contributed by atoms with Crippen molar-refractivity contribution in [1.29, 1.82) is 0 Å². The van der Waals surface area contributed by atoms with Gasteiger partial charge in [-0.25, -0.2) is 4.98 Å². The number of anilines is 1. The van der Waals surface area contributed by atoms with Crippen LogP contribution in [0.15, 0.2) is 18.9 Å². The molecule has 0 atom stereocenters. The van der Waals surface area contributed by atoms with Gasteiger partial charge in [0.1, 0.15) is 0 Å². The number of imidazole rings is 1. The molecule has 1 N–H and O–H groups in total. The number of aryl methyl sites for hydroxylation is 1. The molecule has 0 radical (unpaired) electrons. The van der Waals surface area contributed by atoms with Crippen LogP contribution in [0.1, 0.15) is 32.4 Å². The summed E-state index contributed by atoms with van der Waals surface area (Å²) in [5.74, 6) is 0.953.